The van der Waals surface area contributed by atoms with Crippen molar-refractivity contribution in [3.63, 3.8) is 0 Å². The topological polar surface area (TPSA) is 56.1 Å². The van der Waals surface area contributed by atoms with Crippen molar-refractivity contribution in [1.29, 1.82) is 0 Å². The van der Waals surface area contributed by atoms with E-state index in [0.29, 0.717) is 6.61 Å². The summed E-state index contributed by atoms with van der Waals surface area (Å²) in [6.45, 7) is 7.15. The minimum Gasteiger partial charge on any atom is -0.494 e. The Labute approximate surface area is 159 Å². The van der Waals surface area contributed by atoms with Crippen molar-refractivity contribution >= 4 is 0 Å². The molecule has 4 rings (SSSR count). The quantitative estimate of drug-likeness (QED) is 0.711. The summed E-state index contributed by atoms with van der Waals surface area (Å²) in [5, 5.41) is 12.7. The smallest absolute Gasteiger partial charge is 0.178 e. The summed E-state index contributed by atoms with van der Waals surface area (Å²) in [4.78, 5) is 2.37. The molecule has 1 aromatic heterocycles. The Bertz CT molecular complexity index is 932. The van der Waals surface area contributed by atoms with Gasteiger partial charge in [-0.25, -0.2) is 0 Å². The average molecular weight is 363 g/mol. The number of likely N-dealkylation sites (N-methyl/N-ethyl adjacent to an activating group) is 1. The molecule has 0 N–H and O–H groups in total. The van der Waals surface area contributed by atoms with Gasteiger partial charge in [0, 0.05) is 5.54 Å². The lowest BCUT2D eigenvalue weighted by atomic mass is 9.81. The molecule has 0 fully saturated rings. The van der Waals surface area contributed by atoms with Gasteiger partial charge in [0.05, 0.1) is 18.3 Å². The second-order valence-corrected chi connectivity index (χ2v) is 7.58. The molecule has 0 amide bonds. The van der Waals surface area contributed by atoms with Crippen LogP contribution in [0, 0.1) is 0 Å². The van der Waals surface area contributed by atoms with E-state index < -0.39 is 0 Å². The van der Waals surface area contributed by atoms with Crippen molar-refractivity contribution in [2.24, 2.45) is 0 Å². The third kappa shape index (κ3) is 3.10. The number of fused-ring (bicyclic) bond motifs is 1. The van der Waals surface area contributed by atoms with Crippen LogP contribution in [0.3, 0.4) is 0 Å². The molecule has 1 atom stereocenters. The molecule has 0 saturated carbocycles. The third-order valence-electron chi connectivity index (χ3n) is 5.45. The lowest BCUT2D eigenvalue weighted by Gasteiger charge is -2.45. The van der Waals surface area contributed by atoms with Gasteiger partial charge in [-0.05, 0) is 80.1 Å². The molecule has 2 heterocycles. The minimum absolute atomic E-state index is 0.00785. The number of tetrazole rings is 1. The highest BCUT2D eigenvalue weighted by Crippen LogP contribution is 2.40. The van der Waals surface area contributed by atoms with Crippen molar-refractivity contribution in [3.05, 3.63) is 65.5 Å². The van der Waals surface area contributed by atoms with E-state index in [4.69, 9.17) is 4.74 Å². The second kappa shape index (κ2) is 6.78. The van der Waals surface area contributed by atoms with Gasteiger partial charge in [-0.1, -0.05) is 24.3 Å². The predicted molar refractivity (Wildman–Crippen MR) is 104 cm³/mol. The van der Waals surface area contributed by atoms with Crippen molar-refractivity contribution in [2.75, 3.05) is 13.7 Å². The fourth-order valence-electron chi connectivity index (χ4n) is 3.82. The number of benzene rings is 2. The zero-order chi connectivity index (χ0) is 19.0. The van der Waals surface area contributed by atoms with Crippen LogP contribution in [0.4, 0.5) is 0 Å². The van der Waals surface area contributed by atoms with Gasteiger partial charge in [-0.15, -0.1) is 5.10 Å². The molecule has 0 unspecified atom stereocenters. The van der Waals surface area contributed by atoms with Gasteiger partial charge in [-0.3, -0.25) is 4.90 Å². The summed E-state index contributed by atoms with van der Waals surface area (Å²) in [7, 11) is 2.15. The molecule has 0 bridgehead atoms. The molecule has 0 spiro atoms. The number of nitrogens with zero attached hydrogens (tertiary/aromatic N) is 5. The first-order valence-corrected chi connectivity index (χ1v) is 9.33. The molecular formula is C21H25N5O. The zero-order valence-corrected chi connectivity index (χ0v) is 16.3. The summed E-state index contributed by atoms with van der Waals surface area (Å²) in [6, 6.07) is 16.5. The lowest BCUT2D eigenvalue weighted by Crippen LogP contribution is -2.49. The van der Waals surface area contributed by atoms with E-state index >= 15 is 0 Å². The van der Waals surface area contributed by atoms with Crippen LogP contribution in [-0.2, 0) is 6.42 Å². The van der Waals surface area contributed by atoms with Crippen LogP contribution in [0.25, 0.3) is 5.69 Å². The Hall–Kier alpha value is -2.73. The molecule has 1 aliphatic heterocycles. The highest BCUT2D eigenvalue weighted by molar-refractivity contribution is 5.41. The number of hydrogen-bond acceptors (Lipinski definition) is 5. The largest absolute Gasteiger partial charge is 0.494 e. The van der Waals surface area contributed by atoms with E-state index in [9.17, 15) is 0 Å². The molecule has 6 heteroatoms. The Kier molecular flexibility index (Phi) is 4.44. The number of rotatable bonds is 4. The lowest BCUT2D eigenvalue weighted by molar-refractivity contribution is 0.0993. The molecule has 0 aliphatic carbocycles. The highest BCUT2D eigenvalue weighted by Gasteiger charge is 2.40. The standard InChI is InChI=1S/C21H25N5O/c1-5-27-17-12-10-16(11-13-17)26-20(22-23-24-26)19-18-9-7-6-8-15(18)14-21(2,3)25(19)4/h6-13,19H,5,14H2,1-4H3/t19-/m0/s1. The average Bonchev–Trinajstić information content (AvgIpc) is 3.13. The number of hydrogen-bond donors (Lipinski definition) is 0. The van der Waals surface area contributed by atoms with Crippen molar-refractivity contribution in [1.82, 2.24) is 25.1 Å². The van der Waals surface area contributed by atoms with Gasteiger partial charge in [0.2, 0.25) is 0 Å². The number of ether oxygens (including phenoxy) is 1. The number of aromatic nitrogens is 4. The molecule has 6 nitrogen and oxygen atoms in total. The molecule has 1 aliphatic rings. The van der Waals surface area contributed by atoms with E-state index in [1.165, 1.54) is 11.1 Å². The normalized spacial score (nSPS) is 18.9. The summed E-state index contributed by atoms with van der Waals surface area (Å²) in [5.41, 5.74) is 3.55. The van der Waals surface area contributed by atoms with Gasteiger partial charge in [0.15, 0.2) is 5.82 Å². The monoisotopic (exact) mass is 363 g/mol. The molecule has 2 aromatic carbocycles. The molecular weight excluding hydrogens is 338 g/mol. The van der Waals surface area contributed by atoms with Crippen molar-refractivity contribution in [3.8, 4) is 11.4 Å². The first-order valence-electron chi connectivity index (χ1n) is 9.33. The minimum atomic E-state index is -0.00785. The van der Waals surface area contributed by atoms with E-state index in [-0.39, 0.29) is 11.6 Å². The van der Waals surface area contributed by atoms with Crippen LogP contribution in [0.2, 0.25) is 0 Å². The van der Waals surface area contributed by atoms with Gasteiger partial charge in [0.25, 0.3) is 0 Å². The molecule has 0 radical (unpaired) electrons. The molecule has 27 heavy (non-hydrogen) atoms. The molecule has 0 saturated heterocycles. The summed E-state index contributed by atoms with van der Waals surface area (Å²) in [6.07, 6.45) is 1.00. The van der Waals surface area contributed by atoms with Gasteiger partial charge >= 0.3 is 0 Å². The highest BCUT2D eigenvalue weighted by atomic mass is 16.5. The maximum absolute atomic E-state index is 5.55. The molecule has 3 aromatic rings. The molecule has 140 valence electrons. The van der Waals surface area contributed by atoms with E-state index in [2.05, 4.69) is 65.6 Å². The third-order valence-corrected chi connectivity index (χ3v) is 5.45. The Morgan fingerprint density at radius 3 is 2.59 bits per heavy atom. The maximum atomic E-state index is 5.55. The van der Waals surface area contributed by atoms with Crippen LogP contribution >= 0.6 is 0 Å². The van der Waals surface area contributed by atoms with Crippen LogP contribution in [-0.4, -0.2) is 44.3 Å². The Morgan fingerprint density at radius 1 is 1.11 bits per heavy atom. The predicted octanol–water partition coefficient (Wildman–Crippen LogP) is 3.42. The SMILES string of the molecule is CCOc1ccc(-n2nnnc2[C@@H]2c3ccccc3CC(C)(C)N2C)cc1. The van der Waals surface area contributed by atoms with Crippen LogP contribution < -0.4 is 4.74 Å². The van der Waals surface area contributed by atoms with Crippen LogP contribution in [0.15, 0.2) is 48.5 Å². The fraction of sp³-hybridized carbons (Fsp3) is 0.381. The Balaban J connectivity index is 1.79. The Morgan fingerprint density at radius 2 is 1.85 bits per heavy atom. The maximum Gasteiger partial charge on any atom is 0.178 e. The van der Waals surface area contributed by atoms with Crippen molar-refractivity contribution in [2.45, 2.75) is 38.8 Å². The zero-order valence-electron chi connectivity index (χ0n) is 16.3. The summed E-state index contributed by atoms with van der Waals surface area (Å²) < 4.78 is 7.37. The van der Waals surface area contributed by atoms with Crippen LogP contribution in [0.1, 0.15) is 43.8 Å². The second-order valence-electron chi connectivity index (χ2n) is 7.58. The van der Waals surface area contributed by atoms with Gasteiger partial charge in [0.1, 0.15) is 5.75 Å². The van der Waals surface area contributed by atoms with Crippen molar-refractivity contribution < 1.29 is 4.74 Å². The summed E-state index contributed by atoms with van der Waals surface area (Å²) in [5.74, 6) is 1.67. The van der Waals surface area contributed by atoms with E-state index in [1.54, 1.807) is 0 Å². The van der Waals surface area contributed by atoms with Crippen LogP contribution in [0.5, 0.6) is 5.75 Å². The first-order chi connectivity index (χ1) is 13.0. The van der Waals surface area contributed by atoms with E-state index in [0.717, 1.165) is 23.7 Å². The van der Waals surface area contributed by atoms with E-state index in [1.807, 2.05) is 35.9 Å². The fourth-order valence-corrected chi connectivity index (χ4v) is 3.82. The van der Waals surface area contributed by atoms with Gasteiger partial charge < -0.3 is 4.74 Å². The van der Waals surface area contributed by atoms with Gasteiger partial charge in [-0.2, -0.15) is 4.68 Å². The summed E-state index contributed by atoms with van der Waals surface area (Å²) >= 11 is 0. The first kappa shape index (κ1) is 17.7.